The Hall–Kier alpha value is -6.42. The minimum Gasteiger partial charge on any atom is -0.468 e. The molecule has 8 aromatic carbocycles. The van der Waals surface area contributed by atoms with Gasteiger partial charge in [0.1, 0.15) is 34.1 Å². The van der Waals surface area contributed by atoms with Crippen molar-refractivity contribution in [3.63, 3.8) is 0 Å². The lowest BCUT2D eigenvalue weighted by Crippen LogP contribution is -2.65. The topological polar surface area (TPSA) is 66.5 Å². The van der Waals surface area contributed by atoms with Gasteiger partial charge in [-0.05, 0) is 154 Å². The van der Waals surface area contributed by atoms with Gasteiger partial charge in [-0.15, -0.1) is 35.3 Å². The first-order valence-corrected chi connectivity index (χ1v) is 30.2. The van der Waals surface area contributed by atoms with E-state index in [0.29, 0.717) is 0 Å². The zero-order valence-corrected chi connectivity index (χ0v) is 44.1. The summed E-state index contributed by atoms with van der Waals surface area (Å²) in [5.41, 5.74) is 21.6. The molecule has 6 aliphatic heterocycles. The van der Waals surface area contributed by atoms with Crippen LogP contribution in [0.15, 0.2) is 163 Å². The molecule has 8 heterocycles. The van der Waals surface area contributed by atoms with Crippen LogP contribution in [0.4, 0.5) is 51.2 Å². The van der Waals surface area contributed by atoms with E-state index in [9.17, 15) is 0 Å². The van der Waals surface area contributed by atoms with Crippen LogP contribution in [0.2, 0.25) is 0 Å². The predicted octanol–water partition coefficient (Wildman–Crippen LogP) is 10.4. The number of rotatable bonds is 6. The molecular weight excluding hydrogens is 997 g/mol. The summed E-state index contributed by atoms with van der Waals surface area (Å²) in [5, 5.41) is 6.12. The van der Waals surface area contributed by atoms with E-state index in [1.165, 1.54) is 26.7 Å². The Bertz CT molecular complexity index is 4100. The van der Waals surface area contributed by atoms with Crippen LogP contribution in [-0.2, 0) is 0 Å². The maximum absolute atomic E-state index is 7.30. The fraction of sp³-hybridized carbons (Fsp3) is 0.0877. The van der Waals surface area contributed by atoms with E-state index >= 15 is 0 Å². The second kappa shape index (κ2) is 15.8. The number of hydrogen-bond acceptors (Lipinski definition) is 13. The van der Waals surface area contributed by atoms with E-state index in [4.69, 9.17) is 18.3 Å². The van der Waals surface area contributed by atoms with Crippen molar-refractivity contribution in [2.45, 2.75) is 14.7 Å². The van der Waals surface area contributed by atoms with E-state index in [1.807, 2.05) is 12.1 Å². The van der Waals surface area contributed by atoms with Gasteiger partial charge in [-0.2, -0.15) is 0 Å². The molecule has 10 aromatic rings. The molecule has 0 spiro atoms. The molecule has 350 valence electrons. The molecular formula is C57H39B3N4O4S5. The van der Waals surface area contributed by atoms with Crippen molar-refractivity contribution < 1.29 is 18.3 Å². The number of anilines is 9. The first-order valence-electron chi connectivity index (χ1n) is 24.2. The van der Waals surface area contributed by atoms with E-state index < -0.39 is 0 Å². The lowest BCUT2D eigenvalue weighted by Gasteiger charge is -2.43. The van der Waals surface area contributed by atoms with Gasteiger partial charge in [0.05, 0.1) is 33.8 Å². The van der Waals surface area contributed by atoms with Gasteiger partial charge in [0.15, 0.2) is 5.75 Å². The molecule has 2 aromatic heterocycles. The molecule has 0 aliphatic carbocycles. The maximum atomic E-state index is 7.30. The van der Waals surface area contributed by atoms with Crippen molar-refractivity contribution >= 4 is 202 Å². The van der Waals surface area contributed by atoms with E-state index in [0.717, 1.165) is 134 Å². The first kappa shape index (κ1) is 43.0. The average molecular weight is 1040 g/mol. The second-order valence-electron chi connectivity index (χ2n) is 19.0. The van der Waals surface area contributed by atoms with Crippen LogP contribution < -0.4 is 77.9 Å². The largest absolute Gasteiger partial charge is 0.468 e. The standard InChI is InChI=1S/C57H39B3N4O4S5/c1-69-30-19-40-51-43(20-30)62(29-13-7-6-8-14-29)54-33-15-9-11-17-46(33)67-56(54)59(51)35-25-36-41(27-39(35)61-40)63(72-4)44-21-31(70-2)23-49-52(44)58(36)38-26-37-42(28-48(38)65-49)64(73-5)45-22-32(71-3)24-50-53(45)60(37)57-55(66-50)34-16-10-12-18-47(34)68-57/h6-28,61H,1-5H3. The Morgan fingerprint density at radius 2 is 1.01 bits per heavy atom. The van der Waals surface area contributed by atoms with Crippen molar-refractivity contribution in [3.8, 4) is 23.0 Å². The fourth-order valence-electron chi connectivity index (χ4n) is 12.7. The van der Waals surface area contributed by atoms with Crippen molar-refractivity contribution in [1.82, 2.24) is 0 Å². The minimum atomic E-state index is -0.221. The molecule has 0 unspecified atom stereocenters. The Morgan fingerprint density at radius 1 is 0.438 bits per heavy atom. The molecule has 16 heteroatoms. The molecule has 73 heavy (non-hydrogen) atoms. The Morgan fingerprint density at radius 3 is 1.74 bits per heavy atom. The number of thioether (sulfide) groups is 3. The van der Waals surface area contributed by atoms with Crippen molar-refractivity contribution in [2.24, 2.45) is 0 Å². The van der Waals surface area contributed by atoms with Gasteiger partial charge in [-0.25, -0.2) is 0 Å². The SMILES string of the molecule is CSc1cc2c3c(c1)N(SC)c1cc4c(cc1B3c1cc3c(cc1O2)N(SC)c1cc(SC)cc2c1B3c1oc3ccccc3c1O2)B1c2oc3ccccc3c2N(c2ccccc2)c2cc(SC)cc(c21)N4. The number of para-hydroxylation sites is 3. The lowest BCUT2D eigenvalue weighted by atomic mass is 9.30. The Balaban J connectivity index is 0.963. The van der Waals surface area contributed by atoms with Crippen molar-refractivity contribution in [3.05, 3.63) is 140 Å². The molecule has 0 saturated carbocycles. The van der Waals surface area contributed by atoms with Crippen LogP contribution in [-0.4, -0.2) is 51.4 Å². The van der Waals surface area contributed by atoms with Crippen LogP contribution in [0.25, 0.3) is 21.9 Å². The van der Waals surface area contributed by atoms with E-state index in [-0.39, 0.29) is 20.1 Å². The molecule has 8 nitrogen and oxygen atoms in total. The van der Waals surface area contributed by atoms with Crippen LogP contribution in [0.3, 0.4) is 0 Å². The second-order valence-corrected chi connectivity index (χ2v) is 23.1. The third-order valence-electron chi connectivity index (χ3n) is 15.6. The summed E-state index contributed by atoms with van der Waals surface area (Å²) >= 11 is 8.67. The van der Waals surface area contributed by atoms with Gasteiger partial charge in [0.25, 0.3) is 13.4 Å². The number of ether oxygens (including phenoxy) is 2. The first-order chi connectivity index (χ1) is 35.9. The number of nitrogens with one attached hydrogen (secondary N) is 1. The van der Waals surface area contributed by atoms with Crippen LogP contribution in [0.5, 0.6) is 23.0 Å². The third-order valence-corrected chi connectivity index (χ3v) is 19.2. The summed E-state index contributed by atoms with van der Waals surface area (Å²) in [6.07, 6.45) is 10.8. The summed E-state index contributed by atoms with van der Waals surface area (Å²) in [4.78, 5) is 5.91. The molecule has 0 atom stereocenters. The third kappa shape index (κ3) is 5.81. The van der Waals surface area contributed by atoms with Gasteiger partial charge in [0.2, 0.25) is 0 Å². The van der Waals surface area contributed by atoms with Gasteiger partial charge >= 0.3 is 6.71 Å². The van der Waals surface area contributed by atoms with E-state index in [2.05, 4.69) is 177 Å². The fourth-order valence-corrected chi connectivity index (χ4v) is 15.4. The molecule has 0 radical (unpaired) electrons. The highest BCUT2D eigenvalue weighted by molar-refractivity contribution is 8.00. The number of fused-ring (bicyclic) bond motifs is 16. The zero-order chi connectivity index (χ0) is 48.5. The molecule has 0 amide bonds. The Labute approximate surface area is 444 Å². The van der Waals surface area contributed by atoms with Crippen LogP contribution in [0.1, 0.15) is 0 Å². The molecule has 16 rings (SSSR count). The number of hydrogen-bond donors (Lipinski definition) is 1. The normalized spacial score (nSPS) is 14.5. The van der Waals surface area contributed by atoms with Gasteiger partial charge < -0.3 is 28.5 Å². The highest BCUT2D eigenvalue weighted by Crippen LogP contribution is 2.49. The lowest BCUT2D eigenvalue weighted by molar-refractivity contribution is 0.481. The summed E-state index contributed by atoms with van der Waals surface area (Å²) in [5.74, 6) is 3.40. The van der Waals surface area contributed by atoms with Gasteiger partial charge in [-0.1, -0.05) is 54.6 Å². The van der Waals surface area contributed by atoms with Gasteiger partial charge in [0, 0.05) is 72.6 Å². The number of benzene rings is 8. The summed E-state index contributed by atoms with van der Waals surface area (Å²) in [7, 11) is 0. The zero-order valence-electron chi connectivity index (χ0n) is 40.0. The van der Waals surface area contributed by atoms with Crippen LogP contribution >= 0.6 is 59.2 Å². The molecule has 6 aliphatic rings. The molecule has 1 N–H and O–H groups in total. The molecule has 0 fully saturated rings. The monoisotopic (exact) mass is 1040 g/mol. The quantitative estimate of drug-likeness (QED) is 0.0978. The summed E-state index contributed by atoms with van der Waals surface area (Å²) < 4.78 is 33.2. The molecule has 0 saturated heterocycles. The van der Waals surface area contributed by atoms with E-state index in [1.54, 1.807) is 59.2 Å². The number of nitrogens with zero attached hydrogens (tertiary/aromatic N) is 3. The average Bonchev–Trinajstić information content (AvgIpc) is 4.00. The summed E-state index contributed by atoms with van der Waals surface area (Å²) in [6.45, 7) is -0.586. The summed E-state index contributed by atoms with van der Waals surface area (Å²) in [6, 6.07) is 50.9. The van der Waals surface area contributed by atoms with Crippen LogP contribution in [0, 0.1) is 0 Å². The smallest absolute Gasteiger partial charge is 0.301 e. The molecule has 0 bridgehead atoms. The highest BCUT2D eigenvalue weighted by Gasteiger charge is 2.51. The van der Waals surface area contributed by atoms with Crippen molar-refractivity contribution in [2.75, 3.05) is 50.1 Å². The number of furan rings is 2. The highest BCUT2D eigenvalue weighted by atomic mass is 32.2. The minimum absolute atomic E-state index is 0.171. The van der Waals surface area contributed by atoms with Gasteiger partial charge in [-0.3, -0.25) is 8.61 Å². The maximum Gasteiger partial charge on any atom is 0.301 e. The Kier molecular flexibility index (Phi) is 9.31. The van der Waals surface area contributed by atoms with Crippen molar-refractivity contribution in [1.29, 1.82) is 0 Å². The predicted molar refractivity (Wildman–Crippen MR) is 317 cm³/mol.